The van der Waals surface area contributed by atoms with Crippen LogP contribution in [-0.2, 0) is 16.0 Å². The Kier molecular flexibility index (Phi) is 6.42. The maximum Gasteiger partial charge on any atom is 0.227 e. The first-order chi connectivity index (χ1) is 14.2. The highest BCUT2D eigenvalue weighted by Crippen LogP contribution is 2.43. The van der Waals surface area contributed by atoms with Crippen LogP contribution in [-0.4, -0.2) is 60.1 Å². The third-order valence-electron chi connectivity index (χ3n) is 7.53. The van der Waals surface area contributed by atoms with Crippen LogP contribution in [0.15, 0.2) is 34.9 Å². The van der Waals surface area contributed by atoms with E-state index in [9.17, 15) is 4.79 Å². The second-order valence-electron chi connectivity index (χ2n) is 9.19. The Bertz CT molecular complexity index is 870. The summed E-state index contributed by atoms with van der Waals surface area (Å²) in [6.45, 7) is 3.22. The van der Waals surface area contributed by atoms with E-state index < -0.39 is 0 Å². The minimum Gasteiger partial charge on any atom is -0.464 e. The van der Waals surface area contributed by atoms with Crippen LogP contribution in [0.25, 0.3) is 11.0 Å². The van der Waals surface area contributed by atoms with E-state index in [0.29, 0.717) is 12.5 Å². The monoisotopic (exact) mass is 432 g/mol. The molecule has 5 nitrogen and oxygen atoms in total. The summed E-state index contributed by atoms with van der Waals surface area (Å²) in [5.41, 5.74) is 1.97. The molecule has 30 heavy (non-hydrogen) atoms. The van der Waals surface area contributed by atoms with E-state index in [0.717, 1.165) is 55.5 Å². The molecule has 0 unspecified atom stereocenters. The van der Waals surface area contributed by atoms with Gasteiger partial charge < -0.3 is 14.1 Å². The van der Waals surface area contributed by atoms with Crippen molar-refractivity contribution in [3.05, 3.63) is 36.1 Å². The van der Waals surface area contributed by atoms with Gasteiger partial charge in [0.2, 0.25) is 5.91 Å². The summed E-state index contributed by atoms with van der Waals surface area (Å²) in [6.07, 6.45) is 10.2. The Morgan fingerprint density at radius 2 is 2.03 bits per heavy atom. The van der Waals surface area contributed by atoms with E-state index in [4.69, 9.17) is 9.15 Å². The summed E-state index contributed by atoms with van der Waals surface area (Å²) in [4.78, 5) is 18.0. The van der Waals surface area contributed by atoms with Gasteiger partial charge in [-0.25, -0.2) is 0 Å². The van der Waals surface area contributed by atoms with Crippen LogP contribution in [0.5, 0.6) is 0 Å². The maximum absolute atomic E-state index is 13.3. The van der Waals surface area contributed by atoms with Crippen molar-refractivity contribution >= 4 is 29.3 Å². The number of hydrogen-bond acceptors (Lipinski definition) is 4. The van der Waals surface area contributed by atoms with Crippen LogP contribution < -0.4 is 0 Å². The fourth-order valence-electron chi connectivity index (χ4n) is 5.92. The lowest BCUT2D eigenvalue weighted by molar-refractivity contribution is -0.136. The van der Waals surface area contributed by atoms with Crippen molar-refractivity contribution in [2.45, 2.75) is 69.1 Å². The number of carbonyl (C=O) groups is 1. The molecule has 2 aromatic rings. The summed E-state index contributed by atoms with van der Waals surface area (Å²) < 4.78 is 11.8. The topological polar surface area (TPSA) is 45.9 Å². The second-order valence-corrected chi connectivity index (χ2v) is 9.19. The first-order valence-corrected chi connectivity index (χ1v) is 11.2. The minimum absolute atomic E-state index is 0. The Labute approximate surface area is 185 Å². The minimum atomic E-state index is 0. The Hall–Kier alpha value is -1.56. The zero-order valence-corrected chi connectivity index (χ0v) is 18.7. The molecule has 3 heterocycles. The molecule has 1 aliphatic carbocycles. The summed E-state index contributed by atoms with van der Waals surface area (Å²) >= 11 is 0. The van der Waals surface area contributed by atoms with Crippen LogP contribution >= 0.6 is 12.4 Å². The van der Waals surface area contributed by atoms with Crippen molar-refractivity contribution in [1.82, 2.24) is 9.80 Å². The van der Waals surface area contributed by atoms with Gasteiger partial charge in [-0.15, -0.1) is 12.4 Å². The van der Waals surface area contributed by atoms with E-state index in [1.54, 1.807) is 6.26 Å². The molecule has 1 amide bonds. The van der Waals surface area contributed by atoms with Crippen molar-refractivity contribution in [2.24, 2.45) is 0 Å². The smallest absolute Gasteiger partial charge is 0.227 e. The second kappa shape index (κ2) is 8.89. The Balaban J connectivity index is 0.00000218. The quantitative estimate of drug-likeness (QED) is 0.717. The average Bonchev–Trinajstić information content (AvgIpc) is 3.49. The van der Waals surface area contributed by atoms with Gasteiger partial charge in [-0.3, -0.25) is 9.69 Å². The van der Waals surface area contributed by atoms with Gasteiger partial charge in [0, 0.05) is 31.1 Å². The first-order valence-electron chi connectivity index (χ1n) is 11.2. The number of amides is 1. The predicted molar refractivity (Wildman–Crippen MR) is 120 cm³/mol. The van der Waals surface area contributed by atoms with E-state index in [-0.39, 0.29) is 30.0 Å². The number of nitrogens with zero attached hydrogens (tertiary/aromatic N) is 2. The number of benzene rings is 1. The molecule has 6 heteroatoms. The predicted octanol–water partition coefficient (Wildman–Crippen LogP) is 4.42. The molecule has 1 saturated carbocycles. The van der Waals surface area contributed by atoms with Gasteiger partial charge in [0.05, 0.1) is 18.3 Å². The highest BCUT2D eigenvalue weighted by Gasteiger charge is 2.47. The Morgan fingerprint density at radius 1 is 1.20 bits per heavy atom. The molecule has 0 bridgehead atoms. The molecule has 3 aliphatic rings. The number of ether oxygens (including phenoxy) is 1. The zero-order chi connectivity index (χ0) is 19.8. The van der Waals surface area contributed by atoms with Crippen LogP contribution in [0, 0.1) is 0 Å². The Morgan fingerprint density at radius 3 is 2.80 bits per heavy atom. The summed E-state index contributed by atoms with van der Waals surface area (Å²) in [7, 11) is 2.01. The first kappa shape index (κ1) is 21.7. The molecule has 0 radical (unpaired) electrons. The van der Waals surface area contributed by atoms with Crippen molar-refractivity contribution in [3.63, 3.8) is 0 Å². The normalized spacial score (nSPS) is 29.4. The van der Waals surface area contributed by atoms with E-state index in [1.807, 2.05) is 36.2 Å². The molecule has 2 saturated heterocycles. The fourth-order valence-corrected chi connectivity index (χ4v) is 5.92. The molecular weight excluding hydrogens is 400 g/mol. The summed E-state index contributed by atoms with van der Waals surface area (Å²) in [6, 6.07) is 8.64. The molecule has 3 fully saturated rings. The van der Waals surface area contributed by atoms with Gasteiger partial charge in [-0.2, -0.15) is 0 Å². The standard InChI is InChI=1S/C24H32N2O3.ClH/c1-25(23(27)16-18-6-4-7-22-19(18)9-15-28-22)20-8-11-24(10-5-14-29-24)17-21(20)26-12-2-3-13-26;/h4,6-7,9,15,20-21H,2-3,5,8,10-14,16-17H2,1H3;1H/t20-,21-,24-;/m0./s1. The molecule has 3 atom stereocenters. The number of carbonyl (C=O) groups excluding carboxylic acids is 1. The molecule has 1 aromatic heterocycles. The zero-order valence-electron chi connectivity index (χ0n) is 17.8. The van der Waals surface area contributed by atoms with Gasteiger partial charge in [-0.05, 0) is 75.7 Å². The van der Waals surface area contributed by atoms with Crippen LogP contribution in [0.4, 0.5) is 0 Å². The fraction of sp³-hybridized carbons (Fsp3) is 0.625. The number of likely N-dealkylation sites (tertiary alicyclic amines) is 1. The van der Waals surface area contributed by atoms with Crippen LogP contribution in [0.3, 0.4) is 0 Å². The lowest BCUT2D eigenvalue weighted by Gasteiger charge is -2.48. The van der Waals surface area contributed by atoms with E-state index >= 15 is 0 Å². The largest absolute Gasteiger partial charge is 0.464 e. The lowest BCUT2D eigenvalue weighted by Crippen LogP contribution is -2.58. The lowest BCUT2D eigenvalue weighted by atomic mass is 9.76. The van der Waals surface area contributed by atoms with Crippen molar-refractivity contribution in [3.8, 4) is 0 Å². The van der Waals surface area contributed by atoms with Crippen molar-refractivity contribution < 1.29 is 13.9 Å². The molecule has 164 valence electrons. The molecule has 5 rings (SSSR count). The maximum atomic E-state index is 13.3. The molecule has 2 aliphatic heterocycles. The van der Waals surface area contributed by atoms with Crippen LogP contribution in [0.2, 0.25) is 0 Å². The molecular formula is C24H33ClN2O3. The number of fused-ring (bicyclic) bond motifs is 1. The summed E-state index contributed by atoms with van der Waals surface area (Å²) in [5, 5.41) is 1.05. The number of hydrogen-bond donors (Lipinski definition) is 0. The molecule has 0 N–H and O–H groups in total. The molecule has 1 spiro atoms. The third kappa shape index (κ3) is 4.00. The number of rotatable bonds is 4. The van der Waals surface area contributed by atoms with E-state index in [1.165, 1.54) is 25.7 Å². The average molecular weight is 433 g/mol. The van der Waals surface area contributed by atoms with Gasteiger partial charge in [0.25, 0.3) is 0 Å². The molecule has 1 aromatic carbocycles. The van der Waals surface area contributed by atoms with Crippen molar-refractivity contribution in [1.29, 1.82) is 0 Å². The number of furan rings is 1. The SMILES string of the molecule is CN(C(=O)Cc1cccc2occc12)[C@H]1CC[C@@]2(CCCO2)C[C@@H]1N1CCCC1.Cl. The van der Waals surface area contributed by atoms with Crippen LogP contribution in [0.1, 0.15) is 50.5 Å². The van der Waals surface area contributed by atoms with Gasteiger partial charge in [-0.1, -0.05) is 12.1 Å². The number of halogens is 1. The van der Waals surface area contributed by atoms with Gasteiger partial charge in [0.15, 0.2) is 0 Å². The van der Waals surface area contributed by atoms with Gasteiger partial charge in [0.1, 0.15) is 5.58 Å². The third-order valence-corrected chi connectivity index (χ3v) is 7.53. The highest BCUT2D eigenvalue weighted by molar-refractivity contribution is 5.87. The van der Waals surface area contributed by atoms with Crippen molar-refractivity contribution in [2.75, 3.05) is 26.7 Å². The number of likely N-dealkylation sites (N-methyl/N-ethyl adjacent to an activating group) is 1. The van der Waals surface area contributed by atoms with E-state index in [2.05, 4.69) is 4.90 Å². The summed E-state index contributed by atoms with van der Waals surface area (Å²) in [5.74, 6) is 0.205. The van der Waals surface area contributed by atoms with Gasteiger partial charge >= 0.3 is 0 Å². The highest BCUT2D eigenvalue weighted by atomic mass is 35.5.